The minimum atomic E-state index is -0.267. The van der Waals surface area contributed by atoms with Gasteiger partial charge in [0.05, 0.1) is 0 Å². The molecule has 0 spiro atoms. The number of nitrogens with one attached hydrogen (secondary N) is 1. The highest BCUT2D eigenvalue weighted by molar-refractivity contribution is 6.39. The molecule has 0 aliphatic carbocycles. The predicted octanol–water partition coefficient (Wildman–Crippen LogP) is -0.272. The maximum atomic E-state index is 11.8. The summed E-state index contributed by atoms with van der Waals surface area (Å²) in [5.41, 5.74) is 0.365. The molecule has 2 N–H and O–H groups in total. The topological polar surface area (TPSA) is 82.0 Å². The third-order valence-corrected chi connectivity index (χ3v) is 2.97. The zero-order valence-electron chi connectivity index (χ0n) is 10.4. The highest BCUT2D eigenvalue weighted by atomic mass is 16.3. The SMILES string of the molecule is CC(CO)C(C)NC(=O)C1=NN(C)C(=O)CC1. The lowest BCUT2D eigenvalue weighted by molar-refractivity contribution is -0.130. The van der Waals surface area contributed by atoms with E-state index in [0.717, 1.165) is 0 Å². The lowest BCUT2D eigenvalue weighted by Crippen LogP contribution is -2.44. The molecule has 0 aromatic rings. The molecule has 1 aliphatic rings. The summed E-state index contributed by atoms with van der Waals surface area (Å²) in [6.45, 7) is 3.70. The van der Waals surface area contributed by atoms with Crippen LogP contribution in [0.25, 0.3) is 0 Å². The molecular formula is C11H19N3O3. The monoisotopic (exact) mass is 241 g/mol. The predicted molar refractivity (Wildman–Crippen MR) is 63.3 cm³/mol. The first-order valence-corrected chi connectivity index (χ1v) is 5.71. The molecule has 0 radical (unpaired) electrons. The van der Waals surface area contributed by atoms with Crippen LogP contribution in [0.4, 0.5) is 0 Å². The number of nitrogens with zero attached hydrogens (tertiary/aromatic N) is 2. The Morgan fingerprint density at radius 1 is 1.53 bits per heavy atom. The second-order valence-electron chi connectivity index (χ2n) is 4.39. The van der Waals surface area contributed by atoms with Gasteiger partial charge in [-0.15, -0.1) is 0 Å². The molecule has 96 valence electrons. The Hall–Kier alpha value is -1.43. The third-order valence-electron chi connectivity index (χ3n) is 2.97. The van der Waals surface area contributed by atoms with E-state index >= 15 is 0 Å². The van der Waals surface area contributed by atoms with Gasteiger partial charge in [0, 0.05) is 32.5 Å². The zero-order valence-corrected chi connectivity index (χ0v) is 10.4. The van der Waals surface area contributed by atoms with E-state index in [2.05, 4.69) is 10.4 Å². The van der Waals surface area contributed by atoms with E-state index < -0.39 is 0 Å². The molecule has 2 unspecified atom stereocenters. The van der Waals surface area contributed by atoms with Crippen molar-refractivity contribution in [2.75, 3.05) is 13.7 Å². The smallest absolute Gasteiger partial charge is 0.267 e. The molecule has 2 atom stereocenters. The zero-order chi connectivity index (χ0) is 13.0. The molecule has 0 aromatic heterocycles. The van der Waals surface area contributed by atoms with Crippen molar-refractivity contribution >= 4 is 17.5 Å². The summed E-state index contributed by atoms with van der Waals surface area (Å²) < 4.78 is 0. The van der Waals surface area contributed by atoms with Gasteiger partial charge in [0.15, 0.2) is 0 Å². The van der Waals surface area contributed by atoms with E-state index in [1.165, 1.54) is 12.1 Å². The van der Waals surface area contributed by atoms with Crippen LogP contribution in [0.5, 0.6) is 0 Å². The van der Waals surface area contributed by atoms with E-state index in [0.29, 0.717) is 18.6 Å². The molecule has 1 rings (SSSR count). The first-order valence-electron chi connectivity index (χ1n) is 5.71. The van der Waals surface area contributed by atoms with Crippen molar-refractivity contribution in [3.8, 4) is 0 Å². The molecular weight excluding hydrogens is 222 g/mol. The minimum absolute atomic E-state index is 0.0116. The van der Waals surface area contributed by atoms with E-state index in [1.807, 2.05) is 13.8 Å². The maximum Gasteiger partial charge on any atom is 0.267 e. The fourth-order valence-electron chi connectivity index (χ4n) is 1.42. The molecule has 2 amide bonds. The van der Waals surface area contributed by atoms with Crippen molar-refractivity contribution in [1.29, 1.82) is 0 Å². The van der Waals surface area contributed by atoms with E-state index in [-0.39, 0.29) is 30.4 Å². The van der Waals surface area contributed by atoms with Gasteiger partial charge in [-0.3, -0.25) is 9.59 Å². The van der Waals surface area contributed by atoms with Crippen molar-refractivity contribution in [2.45, 2.75) is 32.7 Å². The van der Waals surface area contributed by atoms with Gasteiger partial charge >= 0.3 is 0 Å². The van der Waals surface area contributed by atoms with Crippen molar-refractivity contribution in [3.63, 3.8) is 0 Å². The standard InChI is InChI=1S/C11H19N3O3/c1-7(6-15)8(2)12-11(17)9-4-5-10(16)14(3)13-9/h7-8,15H,4-6H2,1-3H3,(H,12,17). The van der Waals surface area contributed by atoms with Gasteiger partial charge in [0.2, 0.25) is 5.91 Å². The Labute approximate surface area is 101 Å². The van der Waals surface area contributed by atoms with E-state index in [4.69, 9.17) is 5.11 Å². The molecule has 0 saturated carbocycles. The van der Waals surface area contributed by atoms with Crippen LogP contribution in [0.2, 0.25) is 0 Å². The Balaban J connectivity index is 2.59. The van der Waals surface area contributed by atoms with Crippen LogP contribution in [0.1, 0.15) is 26.7 Å². The lowest BCUT2D eigenvalue weighted by Gasteiger charge is -2.22. The van der Waals surface area contributed by atoms with Crippen molar-refractivity contribution in [2.24, 2.45) is 11.0 Å². The summed E-state index contributed by atoms with van der Waals surface area (Å²) in [6.07, 6.45) is 0.682. The molecule has 17 heavy (non-hydrogen) atoms. The second kappa shape index (κ2) is 5.77. The number of aliphatic hydroxyl groups is 1. The number of carbonyl (C=O) groups excluding carboxylic acids is 2. The molecule has 6 heteroatoms. The third kappa shape index (κ3) is 3.52. The normalized spacial score (nSPS) is 19.6. The van der Waals surface area contributed by atoms with Crippen LogP contribution < -0.4 is 5.32 Å². The van der Waals surface area contributed by atoms with E-state index in [1.54, 1.807) is 0 Å². The molecule has 1 heterocycles. The summed E-state index contributed by atoms with van der Waals surface area (Å²) in [5.74, 6) is -0.363. The van der Waals surface area contributed by atoms with Crippen LogP contribution >= 0.6 is 0 Å². The highest BCUT2D eigenvalue weighted by Gasteiger charge is 2.23. The molecule has 6 nitrogen and oxygen atoms in total. The van der Waals surface area contributed by atoms with Gasteiger partial charge in [-0.1, -0.05) is 6.92 Å². The van der Waals surface area contributed by atoms with Gasteiger partial charge in [-0.05, 0) is 12.8 Å². The maximum absolute atomic E-state index is 11.8. The summed E-state index contributed by atoms with van der Waals surface area (Å²) in [7, 11) is 1.54. The summed E-state index contributed by atoms with van der Waals surface area (Å²) in [6, 6.07) is -0.127. The Kier molecular flexibility index (Phi) is 4.62. The first-order chi connectivity index (χ1) is 7.95. The fraction of sp³-hybridized carbons (Fsp3) is 0.727. The Bertz CT molecular complexity index is 341. The van der Waals surface area contributed by atoms with Crippen LogP contribution in [0.3, 0.4) is 0 Å². The minimum Gasteiger partial charge on any atom is -0.396 e. The fourth-order valence-corrected chi connectivity index (χ4v) is 1.42. The molecule has 0 aromatic carbocycles. The van der Waals surface area contributed by atoms with Gasteiger partial charge in [-0.25, -0.2) is 5.01 Å². The van der Waals surface area contributed by atoms with Crippen LogP contribution in [0.15, 0.2) is 5.10 Å². The Morgan fingerprint density at radius 2 is 2.18 bits per heavy atom. The van der Waals surface area contributed by atoms with Gasteiger partial charge in [0.1, 0.15) is 5.71 Å². The average molecular weight is 241 g/mol. The quantitative estimate of drug-likeness (QED) is 0.710. The van der Waals surface area contributed by atoms with Crippen LogP contribution in [0, 0.1) is 5.92 Å². The average Bonchev–Trinajstić information content (AvgIpc) is 2.31. The summed E-state index contributed by atoms with van der Waals surface area (Å²) in [4.78, 5) is 23.0. The molecule has 0 bridgehead atoms. The number of amides is 2. The van der Waals surface area contributed by atoms with E-state index in [9.17, 15) is 9.59 Å². The summed E-state index contributed by atoms with van der Waals surface area (Å²) >= 11 is 0. The number of hydrogen-bond donors (Lipinski definition) is 2. The number of hydrogen-bond acceptors (Lipinski definition) is 4. The molecule has 1 aliphatic heterocycles. The number of aliphatic hydroxyl groups excluding tert-OH is 1. The van der Waals surface area contributed by atoms with Crippen LogP contribution in [-0.4, -0.2) is 47.3 Å². The largest absolute Gasteiger partial charge is 0.396 e. The lowest BCUT2D eigenvalue weighted by atomic mass is 10.0. The number of carbonyl (C=O) groups is 2. The molecule has 0 saturated heterocycles. The van der Waals surface area contributed by atoms with Crippen molar-refractivity contribution in [3.05, 3.63) is 0 Å². The highest BCUT2D eigenvalue weighted by Crippen LogP contribution is 2.08. The van der Waals surface area contributed by atoms with Crippen molar-refractivity contribution < 1.29 is 14.7 Å². The van der Waals surface area contributed by atoms with Gasteiger partial charge < -0.3 is 10.4 Å². The van der Waals surface area contributed by atoms with Gasteiger partial charge in [-0.2, -0.15) is 5.10 Å². The number of hydrazone groups is 1. The van der Waals surface area contributed by atoms with Crippen LogP contribution in [-0.2, 0) is 9.59 Å². The summed E-state index contributed by atoms with van der Waals surface area (Å²) in [5, 5.41) is 16.9. The van der Waals surface area contributed by atoms with Crippen molar-refractivity contribution in [1.82, 2.24) is 10.3 Å². The second-order valence-corrected chi connectivity index (χ2v) is 4.39. The Morgan fingerprint density at radius 3 is 2.71 bits per heavy atom. The number of rotatable bonds is 4. The van der Waals surface area contributed by atoms with Gasteiger partial charge in [0.25, 0.3) is 5.91 Å². The first kappa shape index (κ1) is 13.6. The molecule has 0 fully saturated rings.